The second-order valence-electron chi connectivity index (χ2n) is 5.70. The van der Waals surface area contributed by atoms with Crippen molar-refractivity contribution in [3.05, 3.63) is 23.8 Å². The molecule has 0 bridgehead atoms. The molecule has 0 heterocycles. The number of rotatable bonds is 7. The minimum atomic E-state index is -8.33. The molecule has 0 radical (unpaired) electrons. The highest BCUT2D eigenvalue weighted by Gasteiger charge is 2.92. The van der Waals surface area contributed by atoms with Gasteiger partial charge in [-0.05, 0) is 6.42 Å². The van der Waals surface area contributed by atoms with Gasteiger partial charge in [0.1, 0.15) is 0 Å². The maximum Gasteiger partial charge on any atom is 0.460 e. The molecule has 0 N–H and O–H groups in total. The summed E-state index contributed by atoms with van der Waals surface area (Å²) in [6.45, 7) is 0. The molecular weight excluding hydrogens is 460 g/mol. The first-order valence-electron chi connectivity index (χ1n) is 6.86. The van der Waals surface area contributed by atoms with Crippen LogP contribution in [0.2, 0.25) is 0 Å². The molecule has 1 rings (SSSR count). The lowest BCUT2D eigenvalue weighted by atomic mass is 9.88. The largest absolute Gasteiger partial charge is 0.460 e. The van der Waals surface area contributed by atoms with E-state index < -0.39 is 59.9 Å². The molecular formula is C13H6F16. The van der Waals surface area contributed by atoms with E-state index in [0.29, 0.717) is 0 Å². The summed E-state index contributed by atoms with van der Waals surface area (Å²) in [6, 6.07) is 0. The van der Waals surface area contributed by atoms with Gasteiger partial charge in [-0.25, -0.2) is 4.39 Å². The highest BCUT2D eigenvalue weighted by atomic mass is 19.4. The van der Waals surface area contributed by atoms with Crippen molar-refractivity contribution in [3.63, 3.8) is 0 Å². The zero-order valence-corrected chi connectivity index (χ0v) is 13.1. The number of hydrogen-bond acceptors (Lipinski definition) is 0. The third-order valence-electron chi connectivity index (χ3n) is 3.75. The topological polar surface area (TPSA) is 0 Å². The smallest absolute Gasteiger partial charge is 0.233 e. The molecule has 1 unspecified atom stereocenters. The third kappa shape index (κ3) is 3.35. The second kappa shape index (κ2) is 6.68. The summed E-state index contributed by atoms with van der Waals surface area (Å²) < 4.78 is 208. The highest BCUT2D eigenvalue weighted by molar-refractivity contribution is 5.34. The van der Waals surface area contributed by atoms with E-state index >= 15 is 0 Å². The summed E-state index contributed by atoms with van der Waals surface area (Å²) in [6.07, 6.45) is -12.7. The van der Waals surface area contributed by atoms with Crippen LogP contribution in [0.1, 0.15) is 6.42 Å². The summed E-state index contributed by atoms with van der Waals surface area (Å²) in [5, 5.41) is 0. The molecule has 0 spiro atoms. The fraction of sp³-hybridized carbons (Fsp3) is 0.692. The Morgan fingerprint density at radius 2 is 1.03 bits per heavy atom. The van der Waals surface area contributed by atoms with Crippen LogP contribution in [0.3, 0.4) is 0 Å². The average molecular weight is 466 g/mol. The number of allylic oxidation sites excluding steroid dienone is 4. The van der Waals surface area contributed by atoms with Gasteiger partial charge in [0.25, 0.3) is 0 Å². The van der Waals surface area contributed by atoms with Crippen molar-refractivity contribution in [3.8, 4) is 0 Å². The standard InChI is InChI=1S/C13H6F16/c14-6(7(15,16)5-3-1-2-4-5)8(17,18)9(19,20)10(21,22)11(23,24)12(25,26)13(27,28)29/h1,3-4,6H,2H2. The van der Waals surface area contributed by atoms with Crippen molar-refractivity contribution in [1.82, 2.24) is 0 Å². The first-order chi connectivity index (χ1) is 12.5. The lowest BCUT2D eigenvalue weighted by Gasteiger charge is -2.41. The Labute approximate surface area is 149 Å². The first kappa shape index (κ1) is 25.4. The van der Waals surface area contributed by atoms with Gasteiger partial charge in [0, 0.05) is 5.57 Å². The molecule has 0 amide bonds. The fourth-order valence-corrected chi connectivity index (χ4v) is 2.02. The highest BCUT2D eigenvalue weighted by Crippen LogP contribution is 2.62. The van der Waals surface area contributed by atoms with Crippen LogP contribution in [0.5, 0.6) is 0 Å². The molecule has 0 saturated carbocycles. The minimum absolute atomic E-state index is 0.186. The van der Waals surface area contributed by atoms with Crippen molar-refractivity contribution in [2.75, 3.05) is 0 Å². The molecule has 1 aliphatic carbocycles. The average Bonchev–Trinajstić information content (AvgIpc) is 3.07. The predicted molar refractivity (Wildman–Crippen MR) is 62.5 cm³/mol. The van der Waals surface area contributed by atoms with Crippen molar-refractivity contribution < 1.29 is 70.2 Å². The van der Waals surface area contributed by atoms with E-state index in [1.165, 1.54) is 0 Å². The van der Waals surface area contributed by atoms with Crippen LogP contribution in [0.25, 0.3) is 0 Å². The van der Waals surface area contributed by atoms with E-state index in [-0.39, 0.29) is 12.2 Å². The molecule has 1 atom stereocenters. The maximum atomic E-state index is 13.6. The summed E-state index contributed by atoms with van der Waals surface area (Å²) >= 11 is 0. The van der Waals surface area contributed by atoms with Gasteiger partial charge in [-0.1, -0.05) is 18.2 Å². The van der Waals surface area contributed by atoms with Gasteiger partial charge in [-0.15, -0.1) is 0 Å². The molecule has 0 nitrogen and oxygen atoms in total. The van der Waals surface area contributed by atoms with Crippen LogP contribution in [0.4, 0.5) is 70.2 Å². The number of halogens is 16. The first-order valence-corrected chi connectivity index (χ1v) is 6.86. The Morgan fingerprint density at radius 1 is 0.621 bits per heavy atom. The Bertz CT molecular complexity index is 679. The van der Waals surface area contributed by atoms with Gasteiger partial charge in [0.2, 0.25) is 6.17 Å². The van der Waals surface area contributed by atoms with Gasteiger partial charge in [0.15, 0.2) is 0 Å². The van der Waals surface area contributed by atoms with E-state index in [9.17, 15) is 70.2 Å². The fourth-order valence-electron chi connectivity index (χ4n) is 2.02. The lowest BCUT2D eigenvalue weighted by Crippen LogP contribution is -2.72. The Morgan fingerprint density at radius 3 is 1.38 bits per heavy atom. The van der Waals surface area contributed by atoms with E-state index in [1.807, 2.05) is 0 Å². The normalized spacial score (nSPS) is 18.8. The molecule has 0 fully saturated rings. The van der Waals surface area contributed by atoms with E-state index in [4.69, 9.17) is 0 Å². The molecule has 0 aromatic heterocycles. The van der Waals surface area contributed by atoms with Crippen molar-refractivity contribution in [2.45, 2.75) is 54.3 Å². The van der Waals surface area contributed by atoms with Gasteiger partial charge in [-0.3, -0.25) is 0 Å². The molecule has 0 aliphatic heterocycles. The van der Waals surface area contributed by atoms with E-state index in [0.717, 1.165) is 6.08 Å². The molecule has 1 aliphatic rings. The second-order valence-corrected chi connectivity index (χ2v) is 5.70. The summed E-state index contributed by atoms with van der Waals surface area (Å²) in [5.41, 5.74) is -1.77. The molecule has 16 heteroatoms. The zero-order chi connectivity index (χ0) is 23.5. The Balaban J connectivity index is 3.51. The van der Waals surface area contributed by atoms with Crippen LogP contribution in [-0.2, 0) is 0 Å². The number of alkyl halides is 16. The summed E-state index contributed by atoms with van der Waals surface area (Å²) in [5.74, 6) is -46.0. The SMILES string of the molecule is FC(C(F)(F)C1=CCC=C1)C(F)(F)C(F)(F)C(F)(F)C(F)(F)C(F)(F)C(F)(F)F. The number of hydrogen-bond donors (Lipinski definition) is 0. The third-order valence-corrected chi connectivity index (χ3v) is 3.75. The van der Waals surface area contributed by atoms with Crippen LogP contribution in [0, 0.1) is 0 Å². The van der Waals surface area contributed by atoms with Crippen molar-refractivity contribution in [1.29, 1.82) is 0 Å². The monoisotopic (exact) mass is 466 g/mol. The van der Waals surface area contributed by atoms with E-state index in [1.54, 1.807) is 0 Å². The van der Waals surface area contributed by atoms with E-state index in [2.05, 4.69) is 0 Å². The van der Waals surface area contributed by atoms with Gasteiger partial charge < -0.3 is 0 Å². The maximum absolute atomic E-state index is 13.6. The molecule has 29 heavy (non-hydrogen) atoms. The van der Waals surface area contributed by atoms with Crippen molar-refractivity contribution >= 4 is 0 Å². The van der Waals surface area contributed by atoms with Crippen LogP contribution in [-0.4, -0.2) is 47.9 Å². The van der Waals surface area contributed by atoms with Gasteiger partial charge >= 0.3 is 41.7 Å². The van der Waals surface area contributed by atoms with Gasteiger partial charge in [-0.2, -0.15) is 65.9 Å². The minimum Gasteiger partial charge on any atom is -0.233 e. The van der Waals surface area contributed by atoms with Gasteiger partial charge in [0.05, 0.1) is 0 Å². The Kier molecular flexibility index (Phi) is 5.85. The van der Waals surface area contributed by atoms with Crippen LogP contribution >= 0.6 is 0 Å². The molecule has 0 aromatic rings. The lowest BCUT2D eigenvalue weighted by molar-refractivity contribution is -0.445. The zero-order valence-electron chi connectivity index (χ0n) is 13.1. The quantitative estimate of drug-likeness (QED) is 0.372. The van der Waals surface area contributed by atoms with Crippen LogP contribution < -0.4 is 0 Å². The summed E-state index contributed by atoms with van der Waals surface area (Å²) in [4.78, 5) is 0. The molecule has 170 valence electrons. The predicted octanol–water partition coefficient (Wildman–Crippen LogP) is 6.58. The van der Waals surface area contributed by atoms with Crippen LogP contribution in [0.15, 0.2) is 23.8 Å². The van der Waals surface area contributed by atoms with Crippen molar-refractivity contribution in [2.24, 2.45) is 0 Å². The molecule has 0 saturated heterocycles. The molecule has 0 aromatic carbocycles. The summed E-state index contributed by atoms with van der Waals surface area (Å²) in [7, 11) is 0. The Hall–Kier alpha value is -1.64.